The Bertz CT molecular complexity index is 849. The minimum atomic E-state index is -0.630. The fourth-order valence-corrected chi connectivity index (χ4v) is 2.56. The lowest BCUT2D eigenvalue weighted by molar-refractivity contribution is 0.590. The van der Waals surface area contributed by atoms with Gasteiger partial charge in [0.15, 0.2) is 10.6 Å². The zero-order chi connectivity index (χ0) is 14.3. The summed E-state index contributed by atoms with van der Waals surface area (Å²) >= 11 is 5.22. The van der Waals surface area contributed by atoms with Gasteiger partial charge in [0.1, 0.15) is 11.3 Å². The van der Waals surface area contributed by atoms with Gasteiger partial charge in [-0.3, -0.25) is 0 Å². The van der Waals surface area contributed by atoms with Crippen molar-refractivity contribution in [1.82, 2.24) is 9.55 Å². The summed E-state index contributed by atoms with van der Waals surface area (Å²) in [5, 5.41) is 0. The number of aromatic amines is 1. The van der Waals surface area contributed by atoms with E-state index in [-0.39, 0.29) is 5.52 Å². The van der Waals surface area contributed by atoms with Crippen molar-refractivity contribution in [1.29, 1.82) is 0 Å². The number of benzene rings is 2. The van der Waals surface area contributed by atoms with Crippen LogP contribution in [-0.2, 0) is 6.54 Å². The molecule has 1 aromatic heterocycles. The van der Waals surface area contributed by atoms with Gasteiger partial charge in [0.2, 0.25) is 0 Å². The summed E-state index contributed by atoms with van der Waals surface area (Å²) in [6, 6.07) is 10.0. The SMILES string of the molecule is Cc1ccccc1Cn1c(=S)[nH]c2c(F)cc(F)cc21. The fraction of sp³-hybridized carbons (Fsp3) is 0.133. The fourth-order valence-electron chi connectivity index (χ4n) is 2.30. The number of H-pyrrole nitrogens is 1. The van der Waals surface area contributed by atoms with Crippen LogP contribution in [0, 0.1) is 23.3 Å². The van der Waals surface area contributed by atoms with Crippen LogP contribution in [0.4, 0.5) is 8.78 Å². The summed E-state index contributed by atoms with van der Waals surface area (Å²) in [4.78, 5) is 2.80. The lowest BCUT2D eigenvalue weighted by Gasteiger charge is -2.08. The quantitative estimate of drug-likeness (QED) is 0.697. The lowest BCUT2D eigenvalue weighted by Crippen LogP contribution is -2.01. The molecule has 0 fully saturated rings. The van der Waals surface area contributed by atoms with Crippen LogP contribution in [0.1, 0.15) is 11.1 Å². The molecule has 0 aliphatic carbocycles. The van der Waals surface area contributed by atoms with Crippen molar-refractivity contribution >= 4 is 23.3 Å². The molecule has 0 saturated heterocycles. The number of fused-ring (bicyclic) bond motifs is 1. The zero-order valence-electron chi connectivity index (χ0n) is 10.8. The van der Waals surface area contributed by atoms with Crippen molar-refractivity contribution in [2.45, 2.75) is 13.5 Å². The highest BCUT2D eigenvalue weighted by atomic mass is 32.1. The number of nitrogens with zero attached hydrogens (tertiary/aromatic N) is 1. The van der Waals surface area contributed by atoms with Crippen molar-refractivity contribution in [3.05, 3.63) is 63.9 Å². The van der Waals surface area contributed by atoms with E-state index in [9.17, 15) is 8.78 Å². The third-order valence-electron chi connectivity index (χ3n) is 3.39. The topological polar surface area (TPSA) is 20.7 Å². The maximum absolute atomic E-state index is 13.7. The summed E-state index contributed by atoms with van der Waals surface area (Å²) in [5.41, 5.74) is 2.86. The van der Waals surface area contributed by atoms with E-state index in [4.69, 9.17) is 12.2 Å². The molecule has 0 saturated carbocycles. The van der Waals surface area contributed by atoms with Crippen LogP contribution in [-0.4, -0.2) is 9.55 Å². The van der Waals surface area contributed by atoms with Crippen LogP contribution in [0.25, 0.3) is 11.0 Å². The van der Waals surface area contributed by atoms with E-state index < -0.39 is 11.6 Å². The Morgan fingerprint density at radius 3 is 2.70 bits per heavy atom. The minimum absolute atomic E-state index is 0.241. The molecule has 0 bridgehead atoms. The number of rotatable bonds is 2. The maximum atomic E-state index is 13.7. The van der Waals surface area contributed by atoms with Gasteiger partial charge in [-0.2, -0.15) is 0 Å². The first-order valence-corrected chi connectivity index (χ1v) is 6.59. The number of hydrogen-bond donors (Lipinski definition) is 1. The maximum Gasteiger partial charge on any atom is 0.178 e. The Labute approximate surface area is 119 Å². The van der Waals surface area contributed by atoms with E-state index in [0.717, 1.165) is 17.2 Å². The van der Waals surface area contributed by atoms with E-state index in [1.807, 2.05) is 31.2 Å². The largest absolute Gasteiger partial charge is 0.328 e. The number of hydrogen-bond acceptors (Lipinski definition) is 1. The summed E-state index contributed by atoms with van der Waals surface area (Å²) in [6.45, 7) is 2.48. The van der Waals surface area contributed by atoms with E-state index in [0.29, 0.717) is 16.8 Å². The molecule has 2 aromatic carbocycles. The van der Waals surface area contributed by atoms with Crippen molar-refractivity contribution in [3.8, 4) is 0 Å². The van der Waals surface area contributed by atoms with Crippen LogP contribution in [0.3, 0.4) is 0 Å². The van der Waals surface area contributed by atoms with Gasteiger partial charge in [0.25, 0.3) is 0 Å². The molecule has 0 unspecified atom stereocenters. The molecule has 0 atom stereocenters. The summed E-state index contributed by atoms with van der Waals surface area (Å²) in [7, 11) is 0. The zero-order valence-corrected chi connectivity index (χ0v) is 11.6. The monoisotopic (exact) mass is 290 g/mol. The lowest BCUT2D eigenvalue weighted by atomic mass is 10.1. The molecular formula is C15H12F2N2S. The number of imidazole rings is 1. The van der Waals surface area contributed by atoms with Crippen molar-refractivity contribution in [2.75, 3.05) is 0 Å². The van der Waals surface area contributed by atoms with Crippen LogP contribution in [0.5, 0.6) is 0 Å². The molecule has 20 heavy (non-hydrogen) atoms. The second-order valence-corrected chi connectivity index (χ2v) is 5.11. The second kappa shape index (κ2) is 4.83. The van der Waals surface area contributed by atoms with Crippen LogP contribution in [0.2, 0.25) is 0 Å². The van der Waals surface area contributed by atoms with Gasteiger partial charge < -0.3 is 9.55 Å². The van der Waals surface area contributed by atoms with Crippen molar-refractivity contribution < 1.29 is 8.78 Å². The van der Waals surface area contributed by atoms with Crippen molar-refractivity contribution in [2.24, 2.45) is 0 Å². The highest BCUT2D eigenvalue weighted by Crippen LogP contribution is 2.21. The molecule has 1 heterocycles. The molecule has 2 nitrogen and oxygen atoms in total. The molecule has 102 valence electrons. The van der Waals surface area contributed by atoms with E-state index in [1.165, 1.54) is 6.07 Å². The average Bonchev–Trinajstić information content (AvgIpc) is 2.70. The number of aromatic nitrogens is 2. The first-order valence-electron chi connectivity index (χ1n) is 6.18. The molecule has 5 heteroatoms. The van der Waals surface area contributed by atoms with Gasteiger partial charge in [-0.25, -0.2) is 8.78 Å². The molecule has 3 rings (SSSR count). The highest BCUT2D eigenvalue weighted by Gasteiger charge is 2.11. The molecule has 0 radical (unpaired) electrons. The van der Waals surface area contributed by atoms with Gasteiger partial charge in [0, 0.05) is 6.07 Å². The molecule has 0 aliphatic heterocycles. The molecule has 0 aliphatic rings. The van der Waals surface area contributed by atoms with Gasteiger partial charge in [0.05, 0.1) is 12.1 Å². The predicted octanol–water partition coefficient (Wildman–Crippen LogP) is 4.33. The Kier molecular flexibility index (Phi) is 3.14. The van der Waals surface area contributed by atoms with Crippen molar-refractivity contribution in [3.63, 3.8) is 0 Å². The smallest absolute Gasteiger partial charge is 0.178 e. The molecule has 0 amide bonds. The standard InChI is InChI=1S/C15H12F2N2S/c1-9-4-2-3-5-10(9)8-19-13-7-11(16)6-12(17)14(13)18-15(19)20/h2-7H,8H2,1H3,(H,18,20). The van der Waals surface area contributed by atoms with Gasteiger partial charge in [-0.1, -0.05) is 24.3 Å². The molecule has 1 N–H and O–H groups in total. The van der Waals surface area contributed by atoms with Crippen LogP contribution < -0.4 is 0 Å². The first-order chi connectivity index (χ1) is 9.56. The second-order valence-electron chi connectivity index (χ2n) is 4.72. The normalized spacial score (nSPS) is 11.2. The summed E-state index contributed by atoms with van der Waals surface area (Å²) in [5.74, 6) is -1.24. The van der Waals surface area contributed by atoms with E-state index in [1.54, 1.807) is 4.57 Å². The van der Waals surface area contributed by atoms with E-state index in [2.05, 4.69) is 4.98 Å². The number of nitrogens with one attached hydrogen (secondary N) is 1. The molecule has 3 aromatic rings. The Balaban J connectivity index is 2.19. The van der Waals surface area contributed by atoms with Gasteiger partial charge in [-0.05, 0) is 36.3 Å². The third kappa shape index (κ3) is 2.14. The van der Waals surface area contributed by atoms with Gasteiger partial charge in [-0.15, -0.1) is 0 Å². The summed E-state index contributed by atoms with van der Waals surface area (Å²) in [6.07, 6.45) is 0. The Hall–Kier alpha value is -2.01. The predicted molar refractivity (Wildman–Crippen MR) is 77.3 cm³/mol. The average molecular weight is 290 g/mol. The number of halogens is 2. The third-order valence-corrected chi connectivity index (χ3v) is 3.71. The first kappa shape index (κ1) is 13.0. The summed E-state index contributed by atoms with van der Waals surface area (Å²) < 4.78 is 29.2. The highest BCUT2D eigenvalue weighted by molar-refractivity contribution is 7.71. The van der Waals surface area contributed by atoms with E-state index >= 15 is 0 Å². The van der Waals surface area contributed by atoms with Gasteiger partial charge >= 0.3 is 0 Å². The Morgan fingerprint density at radius 2 is 1.95 bits per heavy atom. The van der Waals surface area contributed by atoms with Crippen LogP contribution in [0.15, 0.2) is 36.4 Å². The van der Waals surface area contributed by atoms with Crippen LogP contribution >= 0.6 is 12.2 Å². The number of aryl methyl sites for hydroxylation is 1. The Morgan fingerprint density at radius 1 is 1.20 bits per heavy atom. The molecule has 0 spiro atoms. The molecular weight excluding hydrogens is 278 g/mol. The minimum Gasteiger partial charge on any atom is -0.328 e.